The number of anilines is 2. The van der Waals surface area contributed by atoms with Crippen LogP contribution >= 0.6 is 24.2 Å². The average Bonchev–Trinajstić information content (AvgIpc) is 3.16. The van der Waals surface area contributed by atoms with Crippen molar-refractivity contribution in [1.82, 2.24) is 4.98 Å². The maximum Gasteiger partial charge on any atom is 0.142 e. The molecule has 2 aromatic rings. The maximum absolute atomic E-state index is 6.00. The van der Waals surface area contributed by atoms with Crippen LogP contribution < -0.4 is 10.6 Å². The number of terminal acetylenes is 1. The van der Waals surface area contributed by atoms with Crippen molar-refractivity contribution in [2.45, 2.75) is 12.8 Å². The van der Waals surface area contributed by atoms with Crippen LogP contribution in [0.2, 0.25) is 5.02 Å². The highest BCUT2D eigenvalue weighted by Gasteiger charge is 2.12. The highest BCUT2D eigenvalue weighted by atomic mass is 35.5. The summed E-state index contributed by atoms with van der Waals surface area (Å²) in [4.78, 5) is 6.51. The molecular weight excluding hydrogens is 326 g/mol. The van der Waals surface area contributed by atoms with Gasteiger partial charge in [0.2, 0.25) is 0 Å². The van der Waals surface area contributed by atoms with Crippen molar-refractivity contribution in [3.63, 3.8) is 0 Å². The minimum absolute atomic E-state index is 0.374. The number of hydrogen-bond acceptors (Lipinski definition) is 4. The minimum Gasteiger partial charge on any atom is -0.382 e. The molecule has 1 saturated heterocycles. The Labute approximate surface area is 149 Å². The van der Waals surface area contributed by atoms with Crippen LogP contribution in [0.3, 0.4) is 0 Å². The van der Waals surface area contributed by atoms with E-state index >= 15 is 0 Å². The number of benzene rings is 1. The minimum atomic E-state index is 0.374. The smallest absolute Gasteiger partial charge is 0.142 e. The van der Waals surface area contributed by atoms with Crippen LogP contribution in [0.4, 0.5) is 11.5 Å². The summed E-state index contributed by atoms with van der Waals surface area (Å²) < 4.78 is 0. The van der Waals surface area contributed by atoms with Gasteiger partial charge in [0.15, 0.2) is 0 Å². The molecule has 3 nitrogen and oxygen atoms in total. The molecule has 1 fully saturated rings. The SMILES string of the molecule is C#C.CS.Nc1ncc(-c2ccc(N3CCCC3)cc2)cc1Cl. The van der Waals surface area contributed by atoms with Crippen LogP contribution in [0, 0.1) is 12.8 Å². The second kappa shape index (κ2) is 10.0. The Morgan fingerprint density at radius 2 is 1.65 bits per heavy atom. The van der Waals surface area contributed by atoms with Gasteiger partial charge in [-0.15, -0.1) is 12.8 Å². The fourth-order valence-electron chi connectivity index (χ4n) is 2.45. The molecule has 5 heteroatoms. The average molecular weight is 348 g/mol. The highest BCUT2D eigenvalue weighted by Crippen LogP contribution is 2.27. The van der Waals surface area contributed by atoms with Gasteiger partial charge < -0.3 is 10.6 Å². The summed E-state index contributed by atoms with van der Waals surface area (Å²) >= 11 is 9.53. The van der Waals surface area contributed by atoms with Gasteiger partial charge in [-0.1, -0.05) is 23.7 Å². The molecule has 0 bridgehead atoms. The van der Waals surface area contributed by atoms with E-state index in [4.69, 9.17) is 17.3 Å². The molecule has 0 radical (unpaired) electrons. The van der Waals surface area contributed by atoms with E-state index in [1.165, 1.54) is 18.5 Å². The molecule has 23 heavy (non-hydrogen) atoms. The molecule has 1 aliphatic heterocycles. The van der Waals surface area contributed by atoms with E-state index in [-0.39, 0.29) is 0 Å². The first-order valence-electron chi connectivity index (χ1n) is 7.28. The second-order valence-corrected chi connectivity index (χ2v) is 5.24. The number of aromatic nitrogens is 1. The summed E-state index contributed by atoms with van der Waals surface area (Å²) in [6.07, 6.45) is 14.0. The predicted molar refractivity (Wildman–Crippen MR) is 105 cm³/mol. The molecule has 0 amide bonds. The Balaban J connectivity index is 0.000000615. The summed E-state index contributed by atoms with van der Waals surface area (Å²) in [6, 6.07) is 10.4. The van der Waals surface area contributed by atoms with Gasteiger partial charge in [-0.25, -0.2) is 4.98 Å². The van der Waals surface area contributed by atoms with E-state index in [2.05, 4.69) is 59.6 Å². The largest absolute Gasteiger partial charge is 0.382 e. The number of nitrogens with two attached hydrogens (primary N) is 1. The third-order valence-corrected chi connectivity index (χ3v) is 3.84. The summed E-state index contributed by atoms with van der Waals surface area (Å²) in [7, 11) is 0. The second-order valence-electron chi connectivity index (χ2n) is 4.83. The first-order valence-corrected chi connectivity index (χ1v) is 8.56. The molecule has 1 aromatic carbocycles. The van der Waals surface area contributed by atoms with Gasteiger partial charge >= 0.3 is 0 Å². The summed E-state index contributed by atoms with van der Waals surface area (Å²) in [6.45, 7) is 2.32. The van der Waals surface area contributed by atoms with Gasteiger partial charge in [0.1, 0.15) is 5.82 Å². The fraction of sp³-hybridized carbons (Fsp3) is 0.278. The number of nitrogens with zero attached hydrogens (tertiary/aromatic N) is 2. The fourth-order valence-corrected chi connectivity index (χ4v) is 2.61. The monoisotopic (exact) mass is 347 g/mol. The molecule has 0 atom stereocenters. The van der Waals surface area contributed by atoms with Crippen molar-refractivity contribution in [1.29, 1.82) is 0 Å². The van der Waals surface area contributed by atoms with Crippen LogP contribution in [0.25, 0.3) is 11.1 Å². The number of pyridine rings is 1. The van der Waals surface area contributed by atoms with Crippen molar-refractivity contribution < 1.29 is 0 Å². The van der Waals surface area contributed by atoms with Gasteiger partial charge in [-0.05, 0) is 42.9 Å². The van der Waals surface area contributed by atoms with E-state index in [1.807, 2.05) is 6.07 Å². The lowest BCUT2D eigenvalue weighted by atomic mass is 10.1. The Kier molecular flexibility index (Phi) is 8.39. The molecule has 122 valence electrons. The quantitative estimate of drug-likeness (QED) is 0.625. The lowest BCUT2D eigenvalue weighted by Gasteiger charge is -2.17. The molecule has 2 heterocycles. The van der Waals surface area contributed by atoms with Gasteiger partial charge in [-0.2, -0.15) is 12.6 Å². The molecule has 0 aliphatic carbocycles. The van der Waals surface area contributed by atoms with Crippen LogP contribution in [0.5, 0.6) is 0 Å². The topological polar surface area (TPSA) is 42.1 Å². The van der Waals surface area contributed by atoms with Crippen LogP contribution in [0.15, 0.2) is 36.5 Å². The van der Waals surface area contributed by atoms with Crippen molar-refractivity contribution >= 4 is 35.7 Å². The number of nitrogen functional groups attached to an aromatic ring is 1. The summed E-state index contributed by atoms with van der Waals surface area (Å²) in [5.74, 6) is 0.374. The van der Waals surface area contributed by atoms with E-state index in [0.717, 1.165) is 24.2 Å². The summed E-state index contributed by atoms with van der Waals surface area (Å²) in [5, 5.41) is 0.501. The number of halogens is 1. The van der Waals surface area contributed by atoms with Gasteiger partial charge in [0.25, 0.3) is 0 Å². The molecule has 1 aliphatic rings. The Bertz CT molecular complexity index is 620. The van der Waals surface area contributed by atoms with Gasteiger partial charge in [0.05, 0.1) is 5.02 Å². The predicted octanol–water partition coefficient (Wildman–Crippen LogP) is 4.38. The van der Waals surface area contributed by atoms with E-state index < -0.39 is 0 Å². The highest BCUT2D eigenvalue weighted by molar-refractivity contribution is 7.79. The van der Waals surface area contributed by atoms with E-state index in [9.17, 15) is 0 Å². The maximum atomic E-state index is 6.00. The zero-order valence-electron chi connectivity index (χ0n) is 13.2. The Morgan fingerprint density at radius 3 is 2.17 bits per heavy atom. The third-order valence-electron chi connectivity index (χ3n) is 3.54. The normalized spacial score (nSPS) is 12.7. The zero-order valence-corrected chi connectivity index (χ0v) is 14.9. The van der Waals surface area contributed by atoms with E-state index in [0.29, 0.717) is 10.8 Å². The lowest BCUT2D eigenvalue weighted by Crippen LogP contribution is -2.17. The van der Waals surface area contributed by atoms with E-state index in [1.54, 1.807) is 12.5 Å². The number of thiol groups is 1. The Hall–Kier alpha value is -1.83. The zero-order chi connectivity index (χ0) is 17.2. The molecule has 2 N–H and O–H groups in total. The number of rotatable bonds is 2. The first-order chi connectivity index (χ1) is 11.2. The first kappa shape index (κ1) is 19.2. The molecular formula is C18H22ClN3S. The van der Waals surface area contributed by atoms with Crippen LogP contribution in [-0.4, -0.2) is 24.3 Å². The van der Waals surface area contributed by atoms with Gasteiger partial charge in [0, 0.05) is 30.5 Å². The molecule has 0 spiro atoms. The van der Waals surface area contributed by atoms with Crippen LogP contribution in [0.1, 0.15) is 12.8 Å². The van der Waals surface area contributed by atoms with Gasteiger partial charge in [-0.3, -0.25) is 0 Å². The lowest BCUT2D eigenvalue weighted by molar-refractivity contribution is 0.949. The van der Waals surface area contributed by atoms with Crippen molar-refractivity contribution in [2.75, 3.05) is 30.0 Å². The van der Waals surface area contributed by atoms with Crippen molar-refractivity contribution in [2.24, 2.45) is 0 Å². The number of hydrogen-bond donors (Lipinski definition) is 2. The van der Waals surface area contributed by atoms with Crippen LogP contribution in [-0.2, 0) is 0 Å². The molecule has 0 unspecified atom stereocenters. The molecule has 3 rings (SSSR count). The van der Waals surface area contributed by atoms with Crippen molar-refractivity contribution in [3.05, 3.63) is 41.6 Å². The summed E-state index contributed by atoms with van der Waals surface area (Å²) in [5.41, 5.74) is 9.01. The molecule has 0 saturated carbocycles. The molecule has 1 aromatic heterocycles. The van der Waals surface area contributed by atoms with Crippen molar-refractivity contribution in [3.8, 4) is 24.0 Å². The standard InChI is InChI=1S/C15H16ClN3.C2H2.CH4S/c16-14-9-12(10-18-15(14)17)11-3-5-13(6-4-11)19-7-1-2-8-19;2*1-2/h3-6,9-10H,1-2,7-8H2,(H2,17,18);1-2H;2H,1H3. The Morgan fingerprint density at radius 1 is 1.09 bits per heavy atom. The third kappa shape index (κ3) is 5.09.